The number of nitrogens with zero attached hydrogens (tertiary/aromatic N) is 6. The fourth-order valence-electron chi connectivity index (χ4n) is 2.18. The number of aliphatic carboxylic acids is 2. The van der Waals surface area contributed by atoms with E-state index in [0.717, 1.165) is 11.1 Å². The molecule has 0 saturated heterocycles. The number of carbonyl (C=O) groups is 2. The van der Waals surface area contributed by atoms with Crippen LogP contribution in [0.2, 0.25) is 0 Å². The van der Waals surface area contributed by atoms with Crippen LogP contribution in [0.5, 0.6) is 0 Å². The molecule has 2 rings (SSSR count). The molecule has 6 N–H and O–H groups in total. The molecule has 0 fully saturated rings. The zero-order chi connectivity index (χ0) is 22.5. The van der Waals surface area contributed by atoms with Gasteiger partial charge in [0.2, 0.25) is 0 Å². The van der Waals surface area contributed by atoms with Gasteiger partial charge in [0.15, 0.2) is 0 Å². The molecule has 0 spiro atoms. The highest BCUT2D eigenvalue weighted by Gasteiger charge is 2.12. The third-order valence-corrected chi connectivity index (χ3v) is 3.74. The molecule has 0 aliphatic rings. The van der Waals surface area contributed by atoms with Gasteiger partial charge in [0.05, 0.1) is 0 Å². The number of carboxylic acids is 2. The summed E-state index contributed by atoms with van der Waals surface area (Å²) in [6.07, 6.45) is 0.512. The van der Waals surface area contributed by atoms with Gasteiger partial charge < -0.3 is 21.7 Å². The summed E-state index contributed by atoms with van der Waals surface area (Å²) in [4.78, 5) is 26.2. The minimum Gasteiger partial charge on any atom is -0.480 e. The predicted molar refractivity (Wildman–Crippen MR) is 109 cm³/mol. The number of hydrogen-bond donors (Lipinski definition) is 4. The molecule has 156 valence electrons. The molecule has 0 saturated carbocycles. The van der Waals surface area contributed by atoms with Crippen LogP contribution < -0.4 is 11.5 Å². The molecule has 0 heterocycles. The van der Waals surface area contributed by atoms with Gasteiger partial charge >= 0.3 is 11.9 Å². The van der Waals surface area contributed by atoms with Crippen LogP contribution in [0.25, 0.3) is 20.9 Å². The summed E-state index contributed by atoms with van der Waals surface area (Å²) in [5.41, 5.74) is 29.6. The number of azide groups is 2. The standard InChI is InChI=1S/2C9H10N4O2/c2*10-8(9(14)15)5-6-1-3-7(4-2-6)12-13-11/h2*1-4,8H,5,10H2,(H,14,15)/t8-;/m0./s1. The number of hydrogen-bond acceptors (Lipinski definition) is 6. The number of nitrogens with two attached hydrogens (primary N) is 2. The van der Waals surface area contributed by atoms with Crippen molar-refractivity contribution in [3.63, 3.8) is 0 Å². The third kappa shape index (κ3) is 8.74. The number of rotatable bonds is 8. The fourth-order valence-corrected chi connectivity index (χ4v) is 2.18. The van der Waals surface area contributed by atoms with Crippen molar-refractivity contribution in [2.45, 2.75) is 24.9 Å². The van der Waals surface area contributed by atoms with Gasteiger partial charge in [-0.05, 0) is 35.0 Å². The highest BCUT2D eigenvalue weighted by atomic mass is 16.4. The van der Waals surface area contributed by atoms with Gasteiger partial charge in [-0.3, -0.25) is 9.59 Å². The Morgan fingerprint density at radius 1 is 0.767 bits per heavy atom. The van der Waals surface area contributed by atoms with E-state index in [1.165, 1.54) is 0 Å². The molecule has 0 aromatic heterocycles. The predicted octanol–water partition coefficient (Wildman–Crippen LogP) is 3.17. The molecule has 0 aliphatic carbocycles. The minimum atomic E-state index is -1.03. The summed E-state index contributed by atoms with van der Waals surface area (Å²) in [6.45, 7) is 0. The second-order valence-electron chi connectivity index (χ2n) is 6.01. The summed E-state index contributed by atoms with van der Waals surface area (Å²) >= 11 is 0. The summed E-state index contributed by atoms with van der Waals surface area (Å²) < 4.78 is 0. The largest absolute Gasteiger partial charge is 0.480 e. The minimum absolute atomic E-state index is 0.256. The van der Waals surface area contributed by atoms with E-state index in [-0.39, 0.29) is 12.8 Å². The lowest BCUT2D eigenvalue weighted by molar-refractivity contribution is -0.139. The van der Waals surface area contributed by atoms with Crippen LogP contribution >= 0.6 is 0 Å². The van der Waals surface area contributed by atoms with Gasteiger partial charge in [0.1, 0.15) is 12.1 Å². The van der Waals surface area contributed by atoms with Crippen molar-refractivity contribution < 1.29 is 19.8 Å². The first kappa shape index (κ1) is 24.0. The number of benzene rings is 2. The van der Waals surface area contributed by atoms with E-state index in [0.29, 0.717) is 11.4 Å². The average molecular weight is 412 g/mol. The SMILES string of the molecule is [N-]=[N+]=Nc1ccc(CC(N)C(=O)O)cc1.[N-]=[N+]=Nc1ccc(C[C@H](N)C(=O)O)cc1. The lowest BCUT2D eigenvalue weighted by Crippen LogP contribution is -2.32. The van der Waals surface area contributed by atoms with Gasteiger partial charge in [-0.15, -0.1) is 0 Å². The normalized spacial score (nSPS) is 11.5. The Morgan fingerprint density at radius 2 is 1.07 bits per heavy atom. The lowest BCUT2D eigenvalue weighted by atomic mass is 10.1. The Bertz CT molecular complexity index is 870. The molecular weight excluding hydrogens is 392 g/mol. The topological polar surface area (TPSA) is 224 Å². The molecule has 12 heteroatoms. The maximum Gasteiger partial charge on any atom is 0.320 e. The lowest BCUT2D eigenvalue weighted by Gasteiger charge is -2.05. The zero-order valence-corrected chi connectivity index (χ0v) is 15.7. The van der Waals surface area contributed by atoms with Gasteiger partial charge in [-0.2, -0.15) is 0 Å². The fraction of sp³-hybridized carbons (Fsp3) is 0.222. The Balaban J connectivity index is 0.000000300. The number of carboxylic acid groups (broad SMARTS) is 2. The van der Waals surface area contributed by atoms with Crippen molar-refractivity contribution in [1.29, 1.82) is 0 Å². The molecule has 0 bridgehead atoms. The molecule has 12 nitrogen and oxygen atoms in total. The Kier molecular flexibility index (Phi) is 9.90. The van der Waals surface area contributed by atoms with E-state index >= 15 is 0 Å². The van der Waals surface area contributed by atoms with Crippen molar-refractivity contribution in [2.75, 3.05) is 0 Å². The summed E-state index contributed by atoms with van der Waals surface area (Å²) in [6, 6.07) is 11.4. The summed E-state index contributed by atoms with van der Waals surface area (Å²) in [5.74, 6) is -2.07. The first-order valence-corrected chi connectivity index (χ1v) is 8.51. The van der Waals surface area contributed by atoms with Gasteiger partial charge in [0.25, 0.3) is 0 Å². The van der Waals surface area contributed by atoms with E-state index < -0.39 is 24.0 Å². The quantitative estimate of drug-likeness (QED) is 0.289. The van der Waals surface area contributed by atoms with Crippen LogP contribution in [0.4, 0.5) is 11.4 Å². The molecule has 2 aromatic rings. The van der Waals surface area contributed by atoms with Gasteiger partial charge in [-0.1, -0.05) is 58.8 Å². The molecule has 0 radical (unpaired) electrons. The maximum absolute atomic E-state index is 10.5. The van der Waals surface area contributed by atoms with E-state index in [9.17, 15) is 9.59 Å². The van der Waals surface area contributed by atoms with Crippen LogP contribution in [-0.2, 0) is 22.4 Å². The second kappa shape index (κ2) is 12.4. The Morgan fingerprint density at radius 3 is 1.30 bits per heavy atom. The highest BCUT2D eigenvalue weighted by Crippen LogP contribution is 2.14. The monoisotopic (exact) mass is 412 g/mol. The van der Waals surface area contributed by atoms with Crippen molar-refractivity contribution in [3.8, 4) is 0 Å². The first-order valence-electron chi connectivity index (χ1n) is 8.51. The summed E-state index contributed by atoms with van der Waals surface area (Å²) in [7, 11) is 0. The van der Waals surface area contributed by atoms with E-state index in [1.807, 2.05) is 0 Å². The van der Waals surface area contributed by atoms with Crippen LogP contribution in [0, 0.1) is 0 Å². The van der Waals surface area contributed by atoms with Crippen molar-refractivity contribution in [1.82, 2.24) is 0 Å². The molecule has 0 amide bonds. The molecule has 2 aromatic carbocycles. The average Bonchev–Trinajstić information content (AvgIpc) is 2.71. The van der Waals surface area contributed by atoms with Crippen LogP contribution in [0.15, 0.2) is 58.8 Å². The Hall–Kier alpha value is -4.08. The van der Waals surface area contributed by atoms with E-state index in [2.05, 4.69) is 20.1 Å². The summed E-state index contributed by atoms with van der Waals surface area (Å²) in [5, 5.41) is 24.0. The van der Waals surface area contributed by atoms with Crippen LogP contribution in [-0.4, -0.2) is 34.2 Å². The molecule has 1 unspecified atom stereocenters. The van der Waals surface area contributed by atoms with Crippen LogP contribution in [0.1, 0.15) is 11.1 Å². The third-order valence-electron chi connectivity index (χ3n) is 3.74. The molecule has 30 heavy (non-hydrogen) atoms. The van der Waals surface area contributed by atoms with Crippen LogP contribution in [0.3, 0.4) is 0 Å². The zero-order valence-electron chi connectivity index (χ0n) is 15.7. The van der Waals surface area contributed by atoms with E-state index in [1.54, 1.807) is 48.5 Å². The first-order chi connectivity index (χ1) is 14.3. The Labute approximate surface area is 171 Å². The second-order valence-corrected chi connectivity index (χ2v) is 6.01. The van der Waals surface area contributed by atoms with Crippen molar-refractivity contribution >= 4 is 23.3 Å². The molecule has 0 aliphatic heterocycles. The van der Waals surface area contributed by atoms with E-state index in [4.69, 9.17) is 32.7 Å². The van der Waals surface area contributed by atoms with Gasteiger partial charge in [0, 0.05) is 21.2 Å². The van der Waals surface area contributed by atoms with Crippen molar-refractivity contribution in [2.24, 2.45) is 21.7 Å². The molecule has 2 atom stereocenters. The van der Waals surface area contributed by atoms with Crippen molar-refractivity contribution in [3.05, 3.63) is 80.5 Å². The molecular formula is C18H20N8O4. The smallest absolute Gasteiger partial charge is 0.320 e. The van der Waals surface area contributed by atoms with Gasteiger partial charge in [-0.25, -0.2) is 0 Å². The highest BCUT2D eigenvalue weighted by molar-refractivity contribution is 5.74. The maximum atomic E-state index is 10.5.